The highest BCUT2D eigenvalue weighted by molar-refractivity contribution is 5.92. The lowest BCUT2D eigenvalue weighted by atomic mass is 9.98. The van der Waals surface area contributed by atoms with Crippen molar-refractivity contribution in [1.29, 1.82) is 0 Å². The Balaban J connectivity index is 1.20. The monoisotopic (exact) mass is 476 g/mol. The van der Waals surface area contributed by atoms with Crippen molar-refractivity contribution in [3.63, 3.8) is 0 Å². The zero-order valence-corrected chi connectivity index (χ0v) is 19.7. The van der Waals surface area contributed by atoms with Crippen molar-refractivity contribution in [3.8, 4) is 11.1 Å². The van der Waals surface area contributed by atoms with Crippen molar-refractivity contribution in [2.45, 2.75) is 25.7 Å². The number of aromatic carboxylic acids is 1. The van der Waals surface area contributed by atoms with Crippen molar-refractivity contribution in [2.24, 2.45) is 13.0 Å². The lowest BCUT2D eigenvalue weighted by molar-refractivity contribution is -0.117. The molecule has 1 unspecified atom stereocenters. The number of nitrogens with one attached hydrogen (secondary N) is 2. The van der Waals surface area contributed by atoms with E-state index in [4.69, 9.17) is 9.84 Å². The molecule has 1 aliphatic carbocycles. The van der Waals surface area contributed by atoms with Gasteiger partial charge in [-0.05, 0) is 34.6 Å². The zero-order chi connectivity index (χ0) is 24.9. The lowest BCUT2D eigenvalue weighted by Gasteiger charge is -2.15. The molecule has 0 spiro atoms. The molecule has 0 radical (unpaired) electrons. The number of carbonyl (C=O) groups excluding carboxylic acids is 2. The predicted octanol–water partition coefficient (Wildman–Crippen LogP) is 4.01. The fourth-order valence-electron chi connectivity index (χ4n) is 4.41. The lowest BCUT2D eigenvalue weighted by Crippen LogP contribution is -2.28. The van der Waals surface area contributed by atoms with Crippen molar-refractivity contribution in [1.82, 2.24) is 15.1 Å². The maximum Gasteiger partial charge on any atom is 0.407 e. The minimum Gasteiger partial charge on any atom is -0.477 e. The van der Waals surface area contributed by atoms with E-state index < -0.39 is 12.1 Å². The highest BCUT2D eigenvalue weighted by Crippen LogP contribution is 2.44. The first-order chi connectivity index (χ1) is 16.8. The number of benzene rings is 2. The van der Waals surface area contributed by atoms with E-state index >= 15 is 0 Å². The Morgan fingerprint density at radius 3 is 2.31 bits per heavy atom. The molecule has 3 aromatic rings. The molecule has 9 heteroatoms. The van der Waals surface area contributed by atoms with Crippen LogP contribution in [-0.4, -0.2) is 46.0 Å². The van der Waals surface area contributed by atoms with Crippen LogP contribution < -0.4 is 10.6 Å². The van der Waals surface area contributed by atoms with Gasteiger partial charge in [0.15, 0.2) is 5.82 Å². The van der Waals surface area contributed by atoms with Crippen LogP contribution in [0.4, 0.5) is 10.6 Å². The second-order valence-electron chi connectivity index (χ2n) is 8.74. The molecule has 4 rings (SSSR count). The highest BCUT2D eigenvalue weighted by atomic mass is 16.5. The first-order valence-corrected chi connectivity index (χ1v) is 11.5. The number of hydrogen-bond acceptors (Lipinski definition) is 5. The summed E-state index contributed by atoms with van der Waals surface area (Å²) in [6.07, 6.45) is 0.309. The number of aryl methyl sites for hydroxylation is 1. The number of nitrogens with zero attached hydrogens (tertiary/aromatic N) is 2. The molecular weight excluding hydrogens is 448 g/mol. The van der Waals surface area contributed by atoms with E-state index in [1.807, 2.05) is 31.2 Å². The van der Waals surface area contributed by atoms with Gasteiger partial charge < -0.3 is 20.5 Å². The fourth-order valence-corrected chi connectivity index (χ4v) is 4.41. The Kier molecular flexibility index (Phi) is 7.14. The summed E-state index contributed by atoms with van der Waals surface area (Å²) in [5, 5.41) is 18.4. The second kappa shape index (κ2) is 10.4. The number of alkyl carbamates (subject to hydrolysis) is 1. The van der Waals surface area contributed by atoms with Gasteiger partial charge in [0, 0.05) is 32.0 Å². The molecule has 182 valence electrons. The number of carboxylic acids is 1. The van der Waals surface area contributed by atoms with Gasteiger partial charge in [-0.1, -0.05) is 55.5 Å². The number of aromatic nitrogens is 2. The average Bonchev–Trinajstić information content (AvgIpc) is 3.35. The third-order valence-corrected chi connectivity index (χ3v) is 6.15. The number of carboxylic acid groups (broad SMARTS) is 1. The minimum absolute atomic E-state index is 0.00371. The molecule has 0 saturated heterocycles. The van der Waals surface area contributed by atoms with Crippen LogP contribution in [0.3, 0.4) is 0 Å². The van der Waals surface area contributed by atoms with Crippen LogP contribution in [0.25, 0.3) is 11.1 Å². The summed E-state index contributed by atoms with van der Waals surface area (Å²) < 4.78 is 6.72. The summed E-state index contributed by atoms with van der Waals surface area (Å²) in [5.74, 6) is -1.20. The molecule has 0 fully saturated rings. The van der Waals surface area contributed by atoms with E-state index in [9.17, 15) is 14.4 Å². The summed E-state index contributed by atoms with van der Waals surface area (Å²) >= 11 is 0. The Labute approximate surface area is 203 Å². The second-order valence-corrected chi connectivity index (χ2v) is 8.74. The Morgan fingerprint density at radius 2 is 1.71 bits per heavy atom. The first-order valence-electron chi connectivity index (χ1n) is 11.5. The zero-order valence-electron chi connectivity index (χ0n) is 19.7. The quantitative estimate of drug-likeness (QED) is 0.429. The molecule has 0 saturated carbocycles. The van der Waals surface area contributed by atoms with E-state index in [2.05, 4.69) is 40.0 Å². The summed E-state index contributed by atoms with van der Waals surface area (Å²) in [6.45, 7) is 2.53. The first kappa shape index (κ1) is 24.0. The van der Waals surface area contributed by atoms with Crippen LogP contribution in [0.15, 0.2) is 54.6 Å². The van der Waals surface area contributed by atoms with Crippen molar-refractivity contribution in [3.05, 3.63) is 71.4 Å². The van der Waals surface area contributed by atoms with Crippen molar-refractivity contribution < 1.29 is 24.2 Å². The number of anilines is 1. The van der Waals surface area contributed by atoms with Crippen LogP contribution in [0.1, 0.15) is 47.3 Å². The summed E-state index contributed by atoms with van der Waals surface area (Å²) in [6, 6.07) is 17.6. The molecule has 2 aromatic carbocycles. The molecule has 35 heavy (non-hydrogen) atoms. The smallest absolute Gasteiger partial charge is 0.407 e. The van der Waals surface area contributed by atoms with Crippen LogP contribution >= 0.6 is 0 Å². The maximum absolute atomic E-state index is 12.3. The molecule has 1 aromatic heterocycles. The SMILES string of the molecule is CC(CCNC(=O)OCC1c2ccccc2-c2ccccc21)CC(=O)Nc1cc(C(=O)O)n(C)n1. The molecule has 1 heterocycles. The Bertz CT molecular complexity index is 1210. The van der Waals surface area contributed by atoms with Gasteiger partial charge in [0.25, 0.3) is 0 Å². The molecular formula is C26H28N4O5. The van der Waals surface area contributed by atoms with Crippen molar-refractivity contribution in [2.75, 3.05) is 18.5 Å². The van der Waals surface area contributed by atoms with E-state index in [1.165, 1.54) is 28.9 Å². The van der Waals surface area contributed by atoms with Crippen molar-refractivity contribution >= 4 is 23.8 Å². The number of amides is 2. The summed E-state index contributed by atoms with van der Waals surface area (Å²) in [4.78, 5) is 35.6. The third-order valence-electron chi connectivity index (χ3n) is 6.15. The molecule has 1 aliphatic rings. The van der Waals surface area contributed by atoms with Crippen LogP contribution in [0.5, 0.6) is 0 Å². The van der Waals surface area contributed by atoms with Gasteiger partial charge in [-0.3, -0.25) is 9.48 Å². The predicted molar refractivity (Wildman–Crippen MR) is 130 cm³/mol. The number of rotatable bonds is 9. The summed E-state index contributed by atoms with van der Waals surface area (Å²) in [5.41, 5.74) is 4.65. The Hall–Kier alpha value is -4.14. The van der Waals surface area contributed by atoms with Crippen LogP contribution in [0.2, 0.25) is 0 Å². The number of fused-ring (bicyclic) bond motifs is 3. The van der Waals surface area contributed by atoms with E-state index in [0.717, 1.165) is 11.1 Å². The van der Waals surface area contributed by atoms with Gasteiger partial charge in [-0.15, -0.1) is 0 Å². The van der Waals surface area contributed by atoms with Gasteiger partial charge >= 0.3 is 12.1 Å². The largest absolute Gasteiger partial charge is 0.477 e. The molecule has 2 amide bonds. The maximum atomic E-state index is 12.3. The van der Waals surface area contributed by atoms with E-state index in [-0.39, 0.29) is 42.3 Å². The summed E-state index contributed by atoms with van der Waals surface area (Å²) in [7, 11) is 1.50. The number of ether oxygens (including phenoxy) is 1. The Morgan fingerprint density at radius 1 is 1.09 bits per heavy atom. The van der Waals surface area contributed by atoms with Gasteiger partial charge in [0.1, 0.15) is 12.3 Å². The van der Waals surface area contributed by atoms with Crippen LogP contribution in [0, 0.1) is 5.92 Å². The molecule has 9 nitrogen and oxygen atoms in total. The van der Waals surface area contributed by atoms with Gasteiger partial charge in [-0.2, -0.15) is 5.10 Å². The van der Waals surface area contributed by atoms with E-state index in [1.54, 1.807) is 0 Å². The van der Waals surface area contributed by atoms with Crippen LogP contribution in [-0.2, 0) is 16.6 Å². The topological polar surface area (TPSA) is 123 Å². The normalized spacial score (nSPS) is 13.0. The van der Waals surface area contributed by atoms with Gasteiger partial charge in [0.2, 0.25) is 5.91 Å². The molecule has 1 atom stereocenters. The molecule has 0 bridgehead atoms. The van der Waals surface area contributed by atoms with Gasteiger partial charge in [-0.25, -0.2) is 9.59 Å². The third kappa shape index (κ3) is 5.51. The minimum atomic E-state index is -1.12. The standard InChI is InChI=1S/C26H28N4O5/c1-16(13-24(31)28-23-14-22(25(32)33)30(2)29-23)11-12-27-26(34)35-15-21-19-9-5-3-7-17(19)18-8-4-6-10-20(18)21/h3-10,14,16,21H,11-13,15H2,1-2H3,(H,27,34)(H,32,33)(H,28,29,31). The number of carbonyl (C=O) groups is 3. The highest BCUT2D eigenvalue weighted by Gasteiger charge is 2.29. The fraction of sp³-hybridized carbons (Fsp3) is 0.308. The molecule has 0 aliphatic heterocycles. The van der Waals surface area contributed by atoms with E-state index in [0.29, 0.717) is 13.0 Å². The van der Waals surface area contributed by atoms with Gasteiger partial charge in [0.05, 0.1) is 0 Å². The average molecular weight is 477 g/mol. The number of hydrogen-bond donors (Lipinski definition) is 3. The molecule has 3 N–H and O–H groups in total.